The predicted molar refractivity (Wildman–Crippen MR) is 93.0 cm³/mol. The second kappa shape index (κ2) is 7.65. The zero-order valence-corrected chi connectivity index (χ0v) is 14.4. The third-order valence-electron chi connectivity index (χ3n) is 3.69. The summed E-state index contributed by atoms with van der Waals surface area (Å²) in [6, 6.07) is 8.49. The molecule has 7 heteroatoms. The molecular formula is C18H19FN2O4. The molecule has 0 atom stereocenters. The Kier molecular flexibility index (Phi) is 5.59. The van der Waals surface area contributed by atoms with Crippen LogP contribution in [0.5, 0.6) is 11.5 Å². The van der Waals surface area contributed by atoms with Crippen LogP contribution in [-0.4, -0.2) is 33.1 Å². The second-order valence-electron chi connectivity index (χ2n) is 5.26. The first-order valence-corrected chi connectivity index (χ1v) is 7.44. The maximum Gasteiger partial charge on any atom is 0.255 e. The predicted octanol–water partition coefficient (Wildman–Crippen LogP) is 3.08. The lowest BCUT2D eigenvalue weighted by molar-refractivity contribution is -0.116. The molecule has 0 aliphatic carbocycles. The molecule has 0 saturated carbocycles. The van der Waals surface area contributed by atoms with Crippen LogP contribution in [0.3, 0.4) is 0 Å². The number of carbonyl (C=O) groups is 2. The number of ether oxygens (including phenoxy) is 2. The van der Waals surface area contributed by atoms with Crippen molar-refractivity contribution >= 4 is 23.2 Å². The van der Waals surface area contributed by atoms with E-state index in [1.807, 2.05) is 0 Å². The smallest absolute Gasteiger partial charge is 0.255 e. The first-order valence-electron chi connectivity index (χ1n) is 7.44. The maximum absolute atomic E-state index is 13.6. The first-order chi connectivity index (χ1) is 11.9. The number of halogens is 1. The number of nitrogens with one attached hydrogen (secondary N) is 1. The van der Waals surface area contributed by atoms with Crippen LogP contribution in [-0.2, 0) is 4.79 Å². The lowest BCUT2D eigenvalue weighted by atomic mass is 10.1. The zero-order valence-electron chi connectivity index (χ0n) is 14.4. The maximum atomic E-state index is 13.6. The molecule has 0 saturated heterocycles. The SMILES string of the molecule is COc1ccc(C(=O)Nc2cc(F)ccc2N(C)C(C)=O)cc1OC. The summed E-state index contributed by atoms with van der Waals surface area (Å²) in [5.41, 5.74) is 0.888. The number of carbonyl (C=O) groups excluding carboxylic acids is 2. The van der Waals surface area contributed by atoms with Gasteiger partial charge in [-0.05, 0) is 36.4 Å². The highest BCUT2D eigenvalue weighted by Crippen LogP contribution is 2.30. The number of hydrogen-bond acceptors (Lipinski definition) is 4. The molecule has 0 radical (unpaired) electrons. The number of methoxy groups -OCH3 is 2. The molecule has 1 N–H and O–H groups in total. The molecule has 0 aliphatic rings. The Bertz CT molecular complexity index is 808. The quantitative estimate of drug-likeness (QED) is 0.903. The average molecular weight is 346 g/mol. The largest absolute Gasteiger partial charge is 0.493 e. The highest BCUT2D eigenvalue weighted by atomic mass is 19.1. The van der Waals surface area contributed by atoms with Crippen LogP contribution in [0.2, 0.25) is 0 Å². The van der Waals surface area contributed by atoms with Gasteiger partial charge in [0.1, 0.15) is 5.82 Å². The van der Waals surface area contributed by atoms with E-state index in [4.69, 9.17) is 9.47 Å². The summed E-state index contributed by atoms with van der Waals surface area (Å²) in [6.45, 7) is 1.38. The van der Waals surface area contributed by atoms with Gasteiger partial charge in [-0.2, -0.15) is 0 Å². The van der Waals surface area contributed by atoms with Crippen molar-refractivity contribution in [1.82, 2.24) is 0 Å². The number of rotatable bonds is 5. The Morgan fingerprint density at radius 1 is 1.04 bits per heavy atom. The fourth-order valence-corrected chi connectivity index (χ4v) is 2.24. The summed E-state index contributed by atoms with van der Waals surface area (Å²) in [5, 5.41) is 2.62. The molecule has 2 aromatic carbocycles. The van der Waals surface area contributed by atoms with Gasteiger partial charge in [-0.3, -0.25) is 9.59 Å². The number of amides is 2. The summed E-state index contributed by atoms with van der Waals surface area (Å²) >= 11 is 0. The summed E-state index contributed by atoms with van der Waals surface area (Å²) in [7, 11) is 4.50. The third kappa shape index (κ3) is 4.06. The number of benzene rings is 2. The lowest BCUT2D eigenvalue weighted by Gasteiger charge is -2.19. The average Bonchev–Trinajstić information content (AvgIpc) is 2.60. The number of hydrogen-bond donors (Lipinski definition) is 1. The van der Waals surface area contributed by atoms with Gasteiger partial charge in [0.05, 0.1) is 25.6 Å². The molecular weight excluding hydrogens is 327 g/mol. The summed E-state index contributed by atoms with van der Waals surface area (Å²) in [4.78, 5) is 25.4. The van der Waals surface area contributed by atoms with Crippen LogP contribution in [0.25, 0.3) is 0 Å². The van der Waals surface area contributed by atoms with E-state index in [9.17, 15) is 14.0 Å². The van der Waals surface area contributed by atoms with Gasteiger partial charge in [-0.1, -0.05) is 0 Å². The Morgan fingerprint density at radius 2 is 1.72 bits per heavy atom. The zero-order chi connectivity index (χ0) is 18.6. The molecule has 0 fully saturated rings. The van der Waals surface area contributed by atoms with Gasteiger partial charge in [-0.25, -0.2) is 4.39 Å². The molecule has 25 heavy (non-hydrogen) atoms. The lowest BCUT2D eigenvalue weighted by Crippen LogP contribution is -2.25. The molecule has 0 spiro atoms. The van der Waals surface area contributed by atoms with Crippen LogP contribution < -0.4 is 19.7 Å². The highest BCUT2D eigenvalue weighted by Gasteiger charge is 2.16. The van der Waals surface area contributed by atoms with E-state index in [0.717, 1.165) is 6.07 Å². The minimum absolute atomic E-state index is 0.192. The Hall–Kier alpha value is -3.09. The van der Waals surface area contributed by atoms with Crippen molar-refractivity contribution in [1.29, 1.82) is 0 Å². The molecule has 0 aliphatic heterocycles. The van der Waals surface area contributed by atoms with E-state index < -0.39 is 11.7 Å². The third-order valence-corrected chi connectivity index (χ3v) is 3.69. The van der Waals surface area contributed by atoms with Gasteiger partial charge >= 0.3 is 0 Å². The van der Waals surface area contributed by atoms with Crippen molar-refractivity contribution in [2.45, 2.75) is 6.92 Å². The molecule has 132 valence electrons. The minimum atomic E-state index is -0.525. The monoisotopic (exact) mass is 346 g/mol. The Balaban J connectivity index is 2.35. The van der Waals surface area contributed by atoms with E-state index >= 15 is 0 Å². The van der Waals surface area contributed by atoms with Crippen molar-refractivity contribution in [2.75, 3.05) is 31.5 Å². The highest BCUT2D eigenvalue weighted by molar-refractivity contribution is 6.07. The van der Waals surface area contributed by atoms with Gasteiger partial charge in [0.2, 0.25) is 5.91 Å². The molecule has 2 amide bonds. The fraction of sp³-hybridized carbons (Fsp3) is 0.222. The minimum Gasteiger partial charge on any atom is -0.493 e. The molecule has 0 heterocycles. The van der Waals surface area contributed by atoms with Gasteiger partial charge < -0.3 is 19.7 Å². The standard InChI is InChI=1S/C18H19FN2O4/c1-11(22)21(2)15-7-6-13(19)10-14(15)20-18(23)12-5-8-16(24-3)17(9-12)25-4/h5-10H,1-4H3,(H,20,23). The van der Waals surface area contributed by atoms with Crippen LogP contribution >= 0.6 is 0 Å². The van der Waals surface area contributed by atoms with Crippen molar-refractivity contribution in [3.8, 4) is 11.5 Å². The van der Waals surface area contributed by atoms with Crippen molar-refractivity contribution in [3.63, 3.8) is 0 Å². The number of nitrogens with zero attached hydrogens (tertiary/aromatic N) is 1. The molecule has 0 aromatic heterocycles. The topological polar surface area (TPSA) is 67.9 Å². The second-order valence-corrected chi connectivity index (χ2v) is 5.26. The van der Waals surface area contributed by atoms with Crippen LogP contribution in [0, 0.1) is 5.82 Å². The van der Waals surface area contributed by atoms with Crippen LogP contribution in [0.1, 0.15) is 17.3 Å². The number of anilines is 2. The summed E-state index contributed by atoms with van der Waals surface area (Å²) in [6.07, 6.45) is 0. The Morgan fingerprint density at radius 3 is 2.32 bits per heavy atom. The van der Waals surface area contributed by atoms with Crippen molar-refractivity contribution in [3.05, 3.63) is 47.8 Å². The van der Waals surface area contributed by atoms with Gasteiger partial charge in [0.15, 0.2) is 11.5 Å². The first kappa shape index (κ1) is 18.3. The molecule has 0 bridgehead atoms. The van der Waals surface area contributed by atoms with Crippen molar-refractivity contribution in [2.24, 2.45) is 0 Å². The fourth-order valence-electron chi connectivity index (χ4n) is 2.24. The van der Waals surface area contributed by atoms with E-state index in [2.05, 4.69) is 5.32 Å². The summed E-state index contributed by atoms with van der Waals surface area (Å²) < 4.78 is 23.9. The van der Waals surface area contributed by atoms with Gasteiger partial charge in [0, 0.05) is 19.5 Å². The normalized spacial score (nSPS) is 10.1. The van der Waals surface area contributed by atoms with E-state index in [0.29, 0.717) is 22.7 Å². The molecule has 2 rings (SSSR count). The molecule has 2 aromatic rings. The summed E-state index contributed by atoms with van der Waals surface area (Å²) in [5.74, 6) is -0.349. The molecule has 6 nitrogen and oxygen atoms in total. The van der Waals surface area contributed by atoms with Crippen LogP contribution in [0.4, 0.5) is 15.8 Å². The van der Waals surface area contributed by atoms with Crippen molar-refractivity contribution < 1.29 is 23.5 Å². The van der Waals surface area contributed by atoms with E-state index in [1.54, 1.807) is 19.2 Å². The van der Waals surface area contributed by atoms with Crippen LogP contribution in [0.15, 0.2) is 36.4 Å². The van der Waals surface area contributed by atoms with E-state index in [-0.39, 0.29) is 11.6 Å². The Labute approximate surface area is 145 Å². The molecule has 0 unspecified atom stereocenters. The van der Waals surface area contributed by atoms with E-state index in [1.165, 1.54) is 44.2 Å². The van der Waals surface area contributed by atoms with Gasteiger partial charge in [0.25, 0.3) is 5.91 Å². The van der Waals surface area contributed by atoms with Gasteiger partial charge in [-0.15, -0.1) is 0 Å².